The number of amides is 1. The number of hydrogen-bond donors (Lipinski definition) is 0. The van der Waals surface area contributed by atoms with E-state index < -0.39 is 0 Å². The second-order valence-corrected chi connectivity index (χ2v) is 5.82. The molecule has 0 saturated heterocycles. The highest BCUT2D eigenvalue weighted by Gasteiger charge is 2.17. The molecule has 0 aliphatic heterocycles. The van der Waals surface area contributed by atoms with Gasteiger partial charge in [0.15, 0.2) is 0 Å². The van der Waals surface area contributed by atoms with Gasteiger partial charge >= 0.3 is 0 Å². The molecule has 0 bridgehead atoms. The van der Waals surface area contributed by atoms with E-state index in [1.165, 1.54) is 0 Å². The lowest BCUT2D eigenvalue weighted by atomic mass is 10.2. The fraction of sp³-hybridized carbons (Fsp3) is 0.364. The molecular formula is C11H11Br2Cl2NO. The number of rotatable bonds is 5. The first-order valence-electron chi connectivity index (χ1n) is 4.96. The Hall–Kier alpha value is 0.230. The second kappa shape index (κ2) is 7.62. The molecular weight excluding hydrogens is 393 g/mol. The van der Waals surface area contributed by atoms with Crippen LogP contribution in [0.15, 0.2) is 27.1 Å². The summed E-state index contributed by atoms with van der Waals surface area (Å²) in [5.74, 6) is 0.724. The monoisotopic (exact) mass is 401 g/mol. The average Bonchev–Trinajstić information content (AvgIpc) is 2.31. The maximum absolute atomic E-state index is 12.3. The van der Waals surface area contributed by atoms with Crippen molar-refractivity contribution in [3.05, 3.63) is 32.7 Å². The van der Waals surface area contributed by atoms with Crippen molar-refractivity contribution in [2.45, 2.75) is 0 Å². The van der Waals surface area contributed by atoms with Crippen molar-refractivity contribution in [3.8, 4) is 0 Å². The second-order valence-electron chi connectivity index (χ2n) is 3.29. The van der Waals surface area contributed by atoms with Crippen molar-refractivity contribution in [1.82, 2.24) is 4.90 Å². The Labute approximate surface area is 128 Å². The molecule has 1 rings (SSSR count). The Morgan fingerprint density at radius 1 is 1.18 bits per heavy atom. The van der Waals surface area contributed by atoms with Crippen LogP contribution in [0.2, 0.25) is 0 Å². The molecule has 0 aliphatic carbocycles. The highest BCUT2D eigenvalue weighted by molar-refractivity contribution is 9.11. The lowest BCUT2D eigenvalue weighted by Gasteiger charge is -2.21. The van der Waals surface area contributed by atoms with Gasteiger partial charge < -0.3 is 4.90 Å². The Bertz CT molecular complexity index is 395. The first-order chi connectivity index (χ1) is 8.10. The summed E-state index contributed by atoms with van der Waals surface area (Å²) >= 11 is 18.1. The van der Waals surface area contributed by atoms with Crippen molar-refractivity contribution >= 4 is 61.0 Å². The van der Waals surface area contributed by atoms with Gasteiger partial charge in [-0.3, -0.25) is 4.79 Å². The number of carbonyl (C=O) groups excluding carboxylic acids is 1. The Morgan fingerprint density at radius 2 is 1.76 bits per heavy atom. The highest BCUT2D eigenvalue weighted by atomic mass is 79.9. The minimum Gasteiger partial charge on any atom is -0.336 e. The number of carbonyl (C=O) groups is 1. The molecule has 1 amide bonds. The third-order valence-electron chi connectivity index (χ3n) is 2.15. The fourth-order valence-electron chi connectivity index (χ4n) is 1.35. The van der Waals surface area contributed by atoms with E-state index in [0.29, 0.717) is 30.4 Å². The van der Waals surface area contributed by atoms with Crippen LogP contribution >= 0.6 is 55.1 Å². The molecule has 2 nitrogen and oxygen atoms in total. The predicted molar refractivity (Wildman–Crippen MR) is 79.2 cm³/mol. The van der Waals surface area contributed by atoms with Crippen LogP contribution in [0, 0.1) is 0 Å². The molecule has 0 heterocycles. The van der Waals surface area contributed by atoms with Crippen LogP contribution < -0.4 is 0 Å². The lowest BCUT2D eigenvalue weighted by Crippen LogP contribution is -2.34. The van der Waals surface area contributed by atoms with Gasteiger partial charge in [-0.25, -0.2) is 0 Å². The third-order valence-corrected chi connectivity index (χ3v) is 3.68. The molecule has 6 heteroatoms. The van der Waals surface area contributed by atoms with E-state index in [-0.39, 0.29) is 5.91 Å². The van der Waals surface area contributed by atoms with E-state index in [1.54, 1.807) is 11.0 Å². The lowest BCUT2D eigenvalue weighted by molar-refractivity contribution is 0.0774. The van der Waals surface area contributed by atoms with Crippen molar-refractivity contribution in [2.24, 2.45) is 0 Å². The zero-order valence-corrected chi connectivity index (χ0v) is 13.6. The molecule has 1 aromatic rings. The molecule has 17 heavy (non-hydrogen) atoms. The van der Waals surface area contributed by atoms with Crippen LogP contribution in [0.3, 0.4) is 0 Å². The maximum Gasteiger partial charge on any atom is 0.255 e. The van der Waals surface area contributed by atoms with E-state index in [0.717, 1.165) is 8.95 Å². The molecule has 94 valence electrons. The Balaban J connectivity index is 2.95. The van der Waals surface area contributed by atoms with Gasteiger partial charge in [0.25, 0.3) is 5.91 Å². The van der Waals surface area contributed by atoms with Gasteiger partial charge in [0.1, 0.15) is 0 Å². The molecule has 0 unspecified atom stereocenters. The van der Waals surface area contributed by atoms with E-state index in [2.05, 4.69) is 31.9 Å². The SMILES string of the molecule is O=C(c1cc(Br)ccc1Br)N(CCCl)CCCl. The average molecular weight is 404 g/mol. The summed E-state index contributed by atoms with van der Waals surface area (Å²) < 4.78 is 1.63. The summed E-state index contributed by atoms with van der Waals surface area (Å²) in [5.41, 5.74) is 0.606. The number of alkyl halides is 2. The van der Waals surface area contributed by atoms with Gasteiger partial charge in [-0.2, -0.15) is 0 Å². The van der Waals surface area contributed by atoms with Crippen LogP contribution in [-0.2, 0) is 0 Å². The minimum absolute atomic E-state index is 0.0699. The molecule has 0 N–H and O–H groups in total. The van der Waals surface area contributed by atoms with Gasteiger partial charge in [0.2, 0.25) is 0 Å². The van der Waals surface area contributed by atoms with Crippen LogP contribution in [0.4, 0.5) is 0 Å². The molecule has 0 spiro atoms. The summed E-state index contributed by atoms with van der Waals surface area (Å²) in [5, 5.41) is 0. The smallest absolute Gasteiger partial charge is 0.255 e. The number of benzene rings is 1. The van der Waals surface area contributed by atoms with E-state index in [9.17, 15) is 4.79 Å². The number of hydrogen-bond acceptors (Lipinski definition) is 1. The van der Waals surface area contributed by atoms with Crippen LogP contribution in [0.5, 0.6) is 0 Å². The quantitative estimate of drug-likeness (QED) is 0.677. The van der Waals surface area contributed by atoms with Gasteiger partial charge in [-0.15, -0.1) is 23.2 Å². The van der Waals surface area contributed by atoms with Crippen molar-refractivity contribution in [3.63, 3.8) is 0 Å². The van der Waals surface area contributed by atoms with Crippen LogP contribution in [-0.4, -0.2) is 35.7 Å². The van der Waals surface area contributed by atoms with Gasteiger partial charge in [-0.05, 0) is 34.1 Å². The van der Waals surface area contributed by atoms with Gasteiger partial charge in [0.05, 0.1) is 5.56 Å². The minimum atomic E-state index is -0.0699. The molecule has 0 saturated carbocycles. The standard InChI is InChI=1S/C11H11Br2Cl2NO/c12-8-1-2-10(13)9(7-8)11(17)16(5-3-14)6-4-15/h1-2,7H,3-6H2. The van der Waals surface area contributed by atoms with Gasteiger partial charge in [-0.1, -0.05) is 15.9 Å². The summed E-state index contributed by atoms with van der Waals surface area (Å²) in [6.07, 6.45) is 0. The first-order valence-corrected chi connectivity index (χ1v) is 7.62. The van der Waals surface area contributed by atoms with Crippen LogP contribution in [0.25, 0.3) is 0 Å². The summed E-state index contributed by atoms with van der Waals surface area (Å²) in [6.45, 7) is 0.984. The van der Waals surface area contributed by atoms with Crippen LogP contribution in [0.1, 0.15) is 10.4 Å². The first kappa shape index (κ1) is 15.3. The molecule has 0 atom stereocenters. The zero-order valence-electron chi connectivity index (χ0n) is 8.93. The number of nitrogens with zero attached hydrogens (tertiary/aromatic N) is 1. The van der Waals surface area contributed by atoms with E-state index in [4.69, 9.17) is 23.2 Å². The normalized spacial score (nSPS) is 10.4. The van der Waals surface area contributed by atoms with Crippen molar-refractivity contribution in [2.75, 3.05) is 24.8 Å². The third kappa shape index (κ3) is 4.43. The Kier molecular flexibility index (Phi) is 6.85. The summed E-state index contributed by atoms with van der Waals surface area (Å²) in [7, 11) is 0. The topological polar surface area (TPSA) is 20.3 Å². The Morgan fingerprint density at radius 3 is 2.29 bits per heavy atom. The molecule has 0 radical (unpaired) electrons. The van der Waals surface area contributed by atoms with E-state index in [1.807, 2.05) is 12.1 Å². The molecule has 0 fully saturated rings. The predicted octanol–water partition coefficient (Wildman–Crippen LogP) is 4.13. The molecule has 0 aliphatic rings. The van der Waals surface area contributed by atoms with Gasteiger partial charge in [0, 0.05) is 33.8 Å². The zero-order chi connectivity index (χ0) is 12.8. The van der Waals surface area contributed by atoms with E-state index >= 15 is 0 Å². The summed E-state index contributed by atoms with van der Waals surface area (Å²) in [6, 6.07) is 5.48. The molecule has 0 aromatic heterocycles. The fourth-order valence-corrected chi connectivity index (χ4v) is 2.54. The largest absolute Gasteiger partial charge is 0.336 e. The van der Waals surface area contributed by atoms with Crippen molar-refractivity contribution < 1.29 is 4.79 Å². The highest BCUT2D eigenvalue weighted by Crippen LogP contribution is 2.23. The summed E-state index contributed by atoms with van der Waals surface area (Å²) in [4.78, 5) is 13.9. The number of halogens is 4. The molecule has 1 aromatic carbocycles. The maximum atomic E-state index is 12.3. The van der Waals surface area contributed by atoms with Crippen molar-refractivity contribution in [1.29, 1.82) is 0 Å².